The van der Waals surface area contributed by atoms with Crippen LogP contribution in [0.5, 0.6) is 5.88 Å². The van der Waals surface area contributed by atoms with Crippen molar-refractivity contribution in [3.63, 3.8) is 0 Å². The topological polar surface area (TPSA) is 121 Å². The number of pyridine rings is 2. The first kappa shape index (κ1) is 19.4. The van der Waals surface area contributed by atoms with Gasteiger partial charge in [-0.3, -0.25) is 5.32 Å². The van der Waals surface area contributed by atoms with Gasteiger partial charge < -0.3 is 25.3 Å². The Morgan fingerprint density at radius 3 is 3.00 bits per heavy atom. The molecular formula is C22H23N5O4. The maximum absolute atomic E-state index is 12.2. The highest BCUT2D eigenvalue weighted by Gasteiger charge is 2.21. The number of amides is 1. The van der Waals surface area contributed by atoms with E-state index in [0.29, 0.717) is 43.6 Å². The van der Waals surface area contributed by atoms with E-state index in [4.69, 9.17) is 19.9 Å². The average Bonchev–Trinajstić information content (AvgIpc) is 3.27. The molecular weight excluding hydrogens is 398 g/mol. The van der Waals surface area contributed by atoms with Crippen LogP contribution < -0.4 is 21.1 Å². The van der Waals surface area contributed by atoms with Gasteiger partial charge in [0.15, 0.2) is 0 Å². The zero-order valence-corrected chi connectivity index (χ0v) is 17.1. The van der Waals surface area contributed by atoms with E-state index >= 15 is 0 Å². The molecule has 1 fully saturated rings. The SMILES string of the molecule is Cc1c(-c2cc(N)c3cnc(NC(=O)OC4CCOC4)cc3c2)cnc2c1NCCO2. The van der Waals surface area contributed by atoms with Crippen LogP contribution in [-0.4, -0.2) is 48.5 Å². The number of nitrogen functional groups attached to an aromatic ring is 1. The number of rotatable bonds is 3. The molecule has 2 aliphatic rings. The van der Waals surface area contributed by atoms with Crippen LogP contribution in [0, 0.1) is 6.92 Å². The van der Waals surface area contributed by atoms with E-state index in [2.05, 4.69) is 20.6 Å². The number of ether oxygens (including phenoxy) is 3. The summed E-state index contributed by atoms with van der Waals surface area (Å²) in [6.45, 7) is 4.39. The summed E-state index contributed by atoms with van der Waals surface area (Å²) >= 11 is 0. The van der Waals surface area contributed by atoms with Crippen molar-refractivity contribution >= 4 is 34.1 Å². The van der Waals surface area contributed by atoms with Gasteiger partial charge in [0.1, 0.15) is 24.2 Å². The molecule has 2 aromatic heterocycles. The van der Waals surface area contributed by atoms with Crippen LogP contribution >= 0.6 is 0 Å². The molecule has 2 aliphatic heterocycles. The monoisotopic (exact) mass is 421 g/mol. The highest BCUT2D eigenvalue weighted by Crippen LogP contribution is 2.37. The van der Waals surface area contributed by atoms with Crippen molar-refractivity contribution in [2.24, 2.45) is 0 Å². The van der Waals surface area contributed by atoms with Gasteiger partial charge >= 0.3 is 6.09 Å². The Labute approximate surface area is 178 Å². The summed E-state index contributed by atoms with van der Waals surface area (Å²) < 4.78 is 16.2. The molecule has 0 bridgehead atoms. The van der Waals surface area contributed by atoms with Gasteiger partial charge in [0.2, 0.25) is 5.88 Å². The van der Waals surface area contributed by atoms with Crippen molar-refractivity contribution < 1.29 is 19.0 Å². The zero-order valence-electron chi connectivity index (χ0n) is 17.1. The normalized spacial score (nSPS) is 17.5. The lowest BCUT2D eigenvalue weighted by Gasteiger charge is -2.21. The molecule has 0 aliphatic carbocycles. The summed E-state index contributed by atoms with van der Waals surface area (Å²) in [6, 6.07) is 5.70. The Hall–Kier alpha value is -3.59. The van der Waals surface area contributed by atoms with Crippen molar-refractivity contribution in [2.75, 3.05) is 42.7 Å². The number of aromatic nitrogens is 2. The Bertz CT molecular complexity index is 1160. The highest BCUT2D eigenvalue weighted by molar-refractivity contribution is 5.99. The van der Waals surface area contributed by atoms with Crippen LogP contribution in [0.4, 0.5) is 22.0 Å². The molecule has 1 saturated heterocycles. The zero-order chi connectivity index (χ0) is 21.4. The molecule has 160 valence electrons. The number of benzene rings is 1. The first-order valence-electron chi connectivity index (χ1n) is 10.2. The second kappa shape index (κ2) is 7.92. The van der Waals surface area contributed by atoms with Crippen molar-refractivity contribution in [2.45, 2.75) is 19.4 Å². The summed E-state index contributed by atoms with van der Waals surface area (Å²) in [5.41, 5.74) is 10.7. The molecule has 9 nitrogen and oxygen atoms in total. The smallest absolute Gasteiger partial charge is 0.413 e. The van der Waals surface area contributed by atoms with Gasteiger partial charge in [-0.1, -0.05) is 0 Å². The number of fused-ring (bicyclic) bond motifs is 2. The molecule has 1 atom stereocenters. The van der Waals surface area contributed by atoms with Crippen molar-refractivity contribution in [1.82, 2.24) is 9.97 Å². The van der Waals surface area contributed by atoms with E-state index in [0.717, 1.165) is 39.7 Å². The Morgan fingerprint density at radius 2 is 2.16 bits per heavy atom. The van der Waals surface area contributed by atoms with Crippen molar-refractivity contribution in [3.05, 3.63) is 36.2 Å². The first-order valence-corrected chi connectivity index (χ1v) is 10.2. The summed E-state index contributed by atoms with van der Waals surface area (Å²) in [6.07, 6.45) is 3.37. The van der Waals surface area contributed by atoms with Crippen molar-refractivity contribution in [3.8, 4) is 17.0 Å². The predicted molar refractivity (Wildman–Crippen MR) is 117 cm³/mol. The molecule has 4 heterocycles. The fourth-order valence-corrected chi connectivity index (χ4v) is 3.91. The number of nitrogens with one attached hydrogen (secondary N) is 2. The third-order valence-electron chi connectivity index (χ3n) is 5.52. The first-order chi connectivity index (χ1) is 15.1. The summed E-state index contributed by atoms with van der Waals surface area (Å²) in [7, 11) is 0. The van der Waals surface area contributed by atoms with Crippen LogP contribution in [0.2, 0.25) is 0 Å². The second-order valence-electron chi connectivity index (χ2n) is 7.62. The lowest BCUT2D eigenvalue weighted by Crippen LogP contribution is -2.22. The number of nitrogens with two attached hydrogens (primary N) is 1. The molecule has 0 radical (unpaired) electrons. The fourth-order valence-electron chi connectivity index (χ4n) is 3.91. The third kappa shape index (κ3) is 3.79. The van der Waals surface area contributed by atoms with Crippen LogP contribution in [0.25, 0.3) is 21.9 Å². The van der Waals surface area contributed by atoms with Gasteiger partial charge in [-0.25, -0.2) is 14.8 Å². The Kier molecular flexibility index (Phi) is 4.95. The van der Waals surface area contributed by atoms with Gasteiger partial charge in [0.25, 0.3) is 0 Å². The fraction of sp³-hybridized carbons (Fsp3) is 0.318. The van der Waals surface area contributed by atoms with E-state index in [-0.39, 0.29) is 6.10 Å². The molecule has 31 heavy (non-hydrogen) atoms. The minimum absolute atomic E-state index is 0.222. The number of nitrogens with zero attached hydrogens (tertiary/aromatic N) is 2. The van der Waals surface area contributed by atoms with Gasteiger partial charge in [0, 0.05) is 42.0 Å². The van der Waals surface area contributed by atoms with Gasteiger partial charge in [-0.05, 0) is 41.6 Å². The molecule has 0 spiro atoms. The van der Waals surface area contributed by atoms with E-state index in [9.17, 15) is 4.79 Å². The van der Waals surface area contributed by atoms with Crippen LogP contribution in [-0.2, 0) is 9.47 Å². The van der Waals surface area contributed by atoms with Crippen LogP contribution in [0.1, 0.15) is 12.0 Å². The van der Waals surface area contributed by atoms with E-state index in [1.807, 2.05) is 19.1 Å². The number of carbonyl (C=O) groups is 1. The van der Waals surface area contributed by atoms with E-state index < -0.39 is 6.09 Å². The van der Waals surface area contributed by atoms with Gasteiger partial charge in [-0.15, -0.1) is 0 Å². The van der Waals surface area contributed by atoms with Crippen molar-refractivity contribution in [1.29, 1.82) is 0 Å². The van der Waals surface area contributed by atoms with E-state index in [1.165, 1.54) is 0 Å². The second-order valence-corrected chi connectivity index (χ2v) is 7.62. The third-order valence-corrected chi connectivity index (χ3v) is 5.52. The maximum Gasteiger partial charge on any atom is 0.413 e. The molecule has 4 N–H and O–H groups in total. The largest absolute Gasteiger partial charge is 0.474 e. The lowest BCUT2D eigenvalue weighted by atomic mass is 9.98. The maximum atomic E-state index is 12.2. The average molecular weight is 421 g/mol. The Morgan fingerprint density at radius 1 is 1.26 bits per heavy atom. The van der Waals surface area contributed by atoms with Crippen LogP contribution in [0.15, 0.2) is 30.6 Å². The lowest BCUT2D eigenvalue weighted by molar-refractivity contribution is 0.0931. The number of carbonyl (C=O) groups excluding carboxylic acids is 1. The quantitative estimate of drug-likeness (QED) is 0.551. The number of hydrogen-bond donors (Lipinski definition) is 3. The standard InChI is InChI=1S/C22H23N5O4/c1-12-16(9-26-21-20(12)24-3-5-30-21)13-6-14-8-19(25-10-17(14)18(23)7-13)27-22(28)31-15-2-4-29-11-15/h6-10,15,24H,2-5,11,23H2,1H3,(H,25,27,28). The van der Waals surface area contributed by atoms with Gasteiger partial charge in [0.05, 0.1) is 13.2 Å². The number of anilines is 3. The number of hydrogen-bond acceptors (Lipinski definition) is 8. The minimum Gasteiger partial charge on any atom is -0.474 e. The van der Waals surface area contributed by atoms with Gasteiger partial charge in [-0.2, -0.15) is 0 Å². The molecule has 3 aromatic rings. The molecule has 9 heteroatoms. The Balaban J connectivity index is 1.46. The minimum atomic E-state index is -0.549. The van der Waals surface area contributed by atoms with Crippen LogP contribution in [0.3, 0.4) is 0 Å². The predicted octanol–water partition coefficient (Wildman–Crippen LogP) is 3.33. The summed E-state index contributed by atoms with van der Waals surface area (Å²) in [5, 5.41) is 7.69. The molecule has 1 amide bonds. The van der Waals surface area contributed by atoms with E-state index in [1.54, 1.807) is 18.5 Å². The summed E-state index contributed by atoms with van der Waals surface area (Å²) in [5.74, 6) is 1.01. The summed E-state index contributed by atoms with van der Waals surface area (Å²) in [4.78, 5) is 20.9. The molecule has 5 rings (SSSR count). The molecule has 1 unspecified atom stereocenters. The molecule has 0 saturated carbocycles. The molecule has 1 aromatic carbocycles. The highest BCUT2D eigenvalue weighted by atomic mass is 16.6.